The van der Waals surface area contributed by atoms with E-state index in [9.17, 15) is 14.7 Å². The summed E-state index contributed by atoms with van der Waals surface area (Å²) in [4.78, 5) is 23.1. The summed E-state index contributed by atoms with van der Waals surface area (Å²) in [6.07, 6.45) is -0.536. The predicted molar refractivity (Wildman–Crippen MR) is 91.1 cm³/mol. The molecular weight excluding hydrogens is 322 g/mol. The summed E-state index contributed by atoms with van der Waals surface area (Å²) in [5, 5.41) is 13.6. The van der Waals surface area contributed by atoms with Gasteiger partial charge in [-0.05, 0) is 35.9 Å². The summed E-state index contributed by atoms with van der Waals surface area (Å²) in [6.45, 7) is 1.84. The van der Waals surface area contributed by atoms with Gasteiger partial charge in [-0.2, -0.15) is 5.10 Å². The molecule has 2 atom stereocenters. The van der Waals surface area contributed by atoms with Crippen LogP contribution in [-0.2, 0) is 4.74 Å². The first-order valence-electron chi connectivity index (χ1n) is 7.69. The van der Waals surface area contributed by atoms with Crippen molar-refractivity contribution in [1.82, 2.24) is 5.43 Å². The molecule has 1 aliphatic heterocycles. The number of fused-ring (bicyclic) bond motifs is 1. The van der Waals surface area contributed by atoms with Gasteiger partial charge in [-0.15, -0.1) is 0 Å². The number of nitrogens with zero attached hydrogens (tertiary/aromatic N) is 1. The van der Waals surface area contributed by atoms with Crippen molar-refractivity contribution >= 4 is 17.7 Å². The maximum Gasteiger partial charge on any atom is 0.339 e. The lowest BCUT2D eigenvalue weighted by Gasteiger charge is -2.21. The third-order valence-corrected chi connectivity index (χ3v) is 4.06. The zero-order chi connectivity index (χ0) is 18.0. The van der Waals surface area contributed by atoms with Gasteiger partial charge in [0.15, 0.2) is 0 Å². The minimum atomic E-state index is -0.799. The molecule has 0 fully saturated rings. The van der Waals surface area contributed by atoms with Crippen molar-refractivity contribution in [1.29, 1.82) is 0 Å². The van der Waals surface area contributed by atoms with Crippen LogP contribution in [0, 0.1) is 5.92 Å². The van der Waals surface area contributed by atoms with E-state index in [0.717, 1.165) is 5.56 Å². The highest BCUT2D eigenvalue weighted by Crippen LogP contribution is 2.37. The second-order valence-corrected chi connectivity index (χ2v) is 5.72. The standard InChI is InChI=1S/C18H17N3O4/c1-10(16-13-4-2-3-5-14(13)17(23)25-16)15(20-21-18(19)24)11-6-8-12(22)9-7-11/h2-10,16,22H,1H3,(H3,19,21,24)/b20-15-/t10-,16-/m1/s1. The number of ether oxygens (including phenoxy) is 1. The number of urea groups is 1. The van der Waals surface area contributed by atoms with Gasteiger partial charge >= 0.3 is 12.0 Å². The smallest absolute Gasteiger partial charge is 0.339 e. The highest BCUT2D eigenvalue weighted by atomic mass is 16.5. The summed E-state index contributed by atoms with van der Waals surface area (Å²) in [5.41, 5.74) is 9.77. The minimum Gasteiger partial charge on any atom is -0.508 e. The number of benzene rings is 2. The Labute approximate surface area is 144 Å². The van der Waals surface area contributed by atoms with Crippen LogP contribution >= 0.6 is 0 Å². The van der Waals surface area contributed by atoms with Crippen molar-refractivity contribution in [3.63, 3.8) is 0 Å². The molecular formula is C18H17N3O4. The fourth-order valence-corrected chi connectivity index (χ4v) is 2.86. The van der Waals surface area contributed by atoms with Gasteiger partial charge in [0.1, 0.15) is 11.9 Å². The molecule has 1 aliphatic rings. The number of nitrogens with two attached hydrogens (primary N) is 1. The maximum atomic E-state index is 12.1. The number of primary amides is 1. The molecule has 0 bridgehead atoms. The number of hydrogen-bond acceptors (Lipinski definition) is 5. The Morgan fingerprint density at radius 2 is 1.92 bits per heavy atom. The Balaban J connectivity index is 1.99. The van der Waals surface area contributed by atoms with Crippen LogP contribution in [0.2, 0.25) is 0 Å². The quantitative estimate of drug-likeness (QED) is 0.450. The van der Waals surface area contributed by atoms with E-state index in [1.807, 2.05) is 19.1 Å². The number of aromatic hydroxyl groups is 1. The van der Waals surface area contributed by atoms with Crippen LogP contribution in [0.5, 0.6) is 5.75 Å². The third kappa shape index (κ3) is 3.30. The van der Waals surface area contributed by atoms with Gasteiger partial charge < -0.3 is 15.6 Å². The molecule has 0 aliphatic carbocycles. The second-order valence-electron chi connectivity index (χ2n) is 5.72. The molecule has 7 nitrogen and oxygen atoms in total. The molecule has 1 heterocycles. The molecule has 4 N–H and O–H groups in total. The van der Waals surface area contributed by atoms with Crippen LogP contribution in [-0.4, -0.2) is 22.8 Å². The second kappa shape index (κ2) is 6.64. The lowest BCUT2D eigenvalue weighted by Crippen LogP contribution is -2.29. The van der Waals surface area contributed by atoms with Gasteiger partial charge in [0.2, 0.25) is 0 Å². The van der Waals surface area contributed by atoms with Crippen LogP contribution < -0.4 is 11.2 Å². The van der Waals surface area contributed by atoms with Gasteiger partial charge in [-0.25, -0.2) is 15.0 Å². The van der Waals surface area contributed by atoms with Crippen molar-refractivity contribution in [3.05, 3.63) is 65.2 Å². The number of nitrogens with one attached hydrogen (secondary N) is 1. The van der Waals surface area contributed by atoms with Crippen molar-refractivity contribution in [3.8, 4) is 5.75 Å². The summed E-state index contributed by atoms with van der Waals surface area (Å²) < 4.78 is 5.51. The highest BCUT2D eigenvalue weighted by molar-refractivity contribution is 6.04. The van der Waals surface area contributed by atoms with Crippen LogP contribution in [0.25, 0.3) is 0 Å². The lowest BCUT2D eigenvalue weighted by atomic mass is 9.89. The van der Waals surface area contributed by atoms with E-state index in [1.54, 1.807) is 24.3 Å². The van der Waals surface area contributed by atoms with Crippen LogP contribution in [0.15, 0.2) is 53.6 Å². The Bertz CT molecular complexity index is 846. The topological polar surface area (TPSA) is 114 Å². The van der Waals surface area contributed by atoms with Crippen LogP contribution in [0.3, 0.4) is 0 Å². The molecule has 128 valence electrons. The van der Waals surface area contributed by atoms with E-state index in [-0.39, 0.29) is 17.6 Å². The third-order valence-electron chi connectivity index (χ3n) is 4.06. The fraction of sp³-hybridized carbons (Fsp3) is 0.167. The van der Waals surface area contributed by atoms with E-state index >= 15 is 0 Å². The fourth-order valence-electron chi connectivity index (χ4n) is 2.86. The Kier molecular flexibility index (Phi) is 4.38. The number of carbonyl (C=O) groups excluding carboxylic acids is 2. The van der Waals surface area contributed by atoms with E-state index in [1.165, 1.54) is 12.1 Å². The number of amides is 2. The first-order chi connectivity index (χ1) is 12.0. The number of rotatable bonds is 4. The summed E-state index contributed by atoms with van der Waals surface area (Å²) in [6, 6.07) is 12.7. The average molecular weight is 339 g/mol. The Hall–Kier alpha value is -3.35. The number of hydrazone groups is 1. The maximum absolute atomic E-state index is 12.1. The first-order valence-corrected chi connectivity index (χ1v) is 7.69. The predicted octanol–water partition coefficient (Wildman–Crippen LogP) is 2.31. The molecule has 25 heavy (non-hydrogen) atoms. The zero-order valence-corrected chi connectivity index (χ0v) is 13.5. The van der Waals surface area contributed by atoms with Gasteiger partial charge in [0.05, 0.1) is 11.3 Å². The number of hydrogen-bond donors (Lipinski definition) is 3. The molecule has 0 saturated carbocycles. The van der Waals surface area contributed by atoms with Crippen LogP contribution in [0.1, 0.15) is 34.5 Å². The molecule has 0 spiro atoms. The van der Waals surface area contributed by atoms with Gasteiger partial charge in [0.25, 0.3) is 0 Å². The van der Waals surface area contributed by atoms with Crippen molar-refractivity contribution < 1.29 is 19.4 Å². The largest absolute Gasteiger partial charge is 0.508 e. The van der Waals surface area contributed by atoms with Crippen molar-refractivity contribution in [2.24, 2.45) is 16.8 Å². The number of phenols is 1. The zero-order valence-electron chi connectivity index (χ0n) is 13.5. The van der Waals surface area contributed by atoms with Gasteiger partial charge in [-0.1, -0.05) is 25.1 Å². The highest BCUT2D eigenvalue weighted by Gasteiger charge is 2.37. The van der Waals surface area contributed by atoms with E-state index in [0.29, 0.717) is 16.8 Å². The Morgan fingerprint density at radius 1 is 1.24 bits per heavy atom. The van der Waals surface area contributed by atoms with E-state index in [4.69, 9.17) is 10.5 Å². The lowest BCUT2D eigenvalue weighted by molar-refractivity contribution is 0.0326. The monoisotopic (exact) mass is 339 g/mol. The molecule has 0 aromatic heterocycles. The summed E-state index contributed by atoms with van der Waals surface area (Å²) >= 11 is 0. The van der Waals surface area contributed by atoms with Gasteiger partial charge in [0, 0.05) is 11.5 Å². The van der Waals surface area contributed by atoms with Crippen molar-refractivity contribution in [2.75, 3.05) is 0 Å². The Morgan fingerprint density at radius 3 is 2.60 bits per heavy atom. The van der Waals surface area contributed by atoms with E-state index in [2.05, 4.69) is 10.5 Å². The van der Waals surface area contributed by atoms with E-state index < -0.39 is 12.1 Å². The van der Waals surface area contributed by atoms with Gasteiger partial charge in [-0.3, -0.25) is 0 Å². The van der Waals surface area contributed by atoms with Crippen LogP contribution in [0.4, 0.5) is 4.79 Å². The molecule has 0 radical (unpaired) electrons. The summed E-state index contributed by atoms with van der Waals surface area (Å²) in [5.74, 6) is -0.638. The molecule has 2 aromatic carbocycles. The summed E-state index contributed by atoms with van der Waals surface area (Å²) in [7, 11) is 0. The first kappa shape index (κ1) is 16.5. The molecule has 0 saturated heterocycles. The SMILES string of the molecule is C[C@H](/C(=N/NC(N)=O)c1ccc(O)cc1)[C@H]1OC(=O)c2ccccc21. The normalized spacial score (nSPS) is 17.6. The van der Waals surface area contributed by atoms with Crippen molar-refractivity contribution in [2.45, 2.75) is 13.0 Å². The molecule has 7 heteroatoms. The number of cyclic esters (lactones) is 1. The molecule has 2 amide bonds. The molecule has 0 unspecified atom stereocenters. The molecule has 3 rings (SSSR count). The number of phenolic OH excluding ortho intramolecular Hbond substituents is 1. The minimum absolute atomic E-state index is 0.108. The average Bonchev–Trinajstić information content (AvgIpc) is 2.93. The number of esters is 1. The molecule has 2 aromatic rings. The number of carbonyl (C=O) groups is 2.